The molecular weight excluding hydrogens is 490 g/mol. The largest absolute Gasteiger partial charge is 0.419 e. The number of amides is 1. The zero-order chi connectivity index (χ0) is 25.7. The van der Waals surface area contributed by atoms with Gasteiger partial charge in [0.05, 0.1) is 23.0 Å². The van der Waals surface area contributed by atoms with Gasteiger partial charge in [0.15, 0.2) is 0 Å². The van der Waals surface area contributed by atoms with Gasteiger partial charge in [-0.2, -0.15) is 26.3 Å². The fourth-order valence-electron chi connectivity index (χ4n) is 4.11. The minimum atomic E-state index is -5.08. The number of hydrogen-bond acceptors (Lipinski definition) is 2. The number of alkyl halides is 7. The second kappa shape index (κ2) is 8.68. The molecule has 1 amide bonds. The van der Waals surface area contributed by atoms with E-state index in [-0.39, 0.29) is 41.5 Å². The van der Waals surface area contributed by atoms with E-state index >= 15 is 0 Å². The van der Waals surface area contributed by atoms with Gasteiger partial charge in [0.1, 0.15) is 25.1 Å². The van der Waals surface area contributed by atoms with Gasteiger partial charge < -0.3 is 14.0 Å². The molecule has 0 saturated carbocycles. The Morgan fingerprint density at radius 1 is 1.06 bits per heavy atom. The maximum Gasteiger partial charge on any atom is 0.419 e. The Bertz CT molecular complexity index is 1340. The summed E-state index contributed by atoms with van der Waals surface area (Å²) in [6, 6.07) is 2.98. The van der Waals surface area contributed by atoms with Gasteiger partial charge in [0.2, 0.25) is 5.91 Å². The smallest absolute Gasteiger partial charge is 0.338 e. The maximum atomic E-state index is 13.8. The quantitative estimate of drug-likeness (QED) is 0.479. The van der Waals surface area contributed by atoms with E-state index in [0.29, 0.717) is 16.7 Å². The van der Waals surface area contributed by atoms with Crippen LogP contribution in [-0.2, 0) is 24.1 Å². The van der Waals surface area contributed by atoms with Crippen LogP contribution in [0, 0.1) is 5.82 Å². The van der Waals surface area contributed by atoms with Crippen molar-refractivity contribution in [2.24, 2.45) is 0 Å². The Labute approximate surface area is 192 Å². The molecule has 0 spiro atoms. The van der Waals surface area contributed by atoms with E-state index in [9.17, 15) is 44.7 Å². The molecule has 1 atom stereocenters. The van der Waals surface area contributed by atoms with Crippen LogP contribution in [0.2, 0.25) is 0 Å². The molecule has 2 aromatic heterocycles. The first-order valence-electron chi connectivity index (χ1n) is 10.3. The lowest BCUT2D eigenvalue weighted by Gasteiger charge is -2.16. The van der Waals surface area contributed by atoms with Crippen molar-refractivity contribution in [2.75, 3.05) is 13.1 Å². The van der Waals surface area contributed by atoms with Gasteiger partial charge >= 0.3 is 12.4 Å². The molecular formula is C22H17F8N3O2. The van der Waals surface area contributed by atoms with Crippen LogP contribution in [0.1, 0.15) is 12.0 Å². The molecule has 188 valence electrons. The van der Waals surface area contributed by atoms with Crippen molar-refractivity contribution in [3.63, 3.8) is 0 Å². The monoisotopic (exact) mass is 507 g/mol. The molecule has 1 fully saturated rings. The van der Waals surface area contributed by atoms with E-state index in [2.05, 4.69) is 0 Å². The Hall–Kier alpha value is -3.38. The Balaban J connectivity index is 1.86. The first kappa shape index (κ1) is 24.7. The molecule has 1 aliphatic rings. The zero-order valence-electron chi connectivity index (χ0n) is 17.8. The summed E-state index contributed by atoms with van der Waals surface area (Å²) in [5.74, 6) is -2.18. The fraction of sp³-hybridized carbons (Fsp3) is 0.364. The molecule has 1 unspecified atom stereocenters. The van der Waals surface area contributed by atoms with Crippen LogP contribution in [0.4, 0.5) is 35.1 Å². The fourth-order valence-corrected chi connectivity index (χ4v) is 4.11. The van der Waals surface area contributed by atoms with Crippen molar-refractivity contribution in [1.82, 2.24) is 14.0 Å². The summed E-state index contributed by atoms with van der Waals surface area (Å²) >= 11 is 0. The molecule has 0 N–H and O–H groups in total. The Kier molecular flexibility index (Phi) is 6.14. The summed E-state index contributed by atoms with van der Waals surface area (Å²) in [5.41, 5.74) is -3.42. The third-order valence-electron chi connectivity index (χ3n) is 5.73. The number of nitrogens with zero attached hydrogens (tertiary/aromatic N) is 3. The predicted molar refractivity (Wildman–Crippen MR) is 109 cm³/mol. The van der Waals surface area contributed by atoms with Crippen LogP contribution >= 0.6 is 0 Å². The summed E-state index contributed by atoms with van der Waals surface area (Å²) in [5, 5.41) is -0.367. The molecule has 5 nitrogen and oxygen atoms in total. The number of carbonyl (C=O) groups excluding carboxylic acids is 1. The second-order valence-corrected chi connectivity index (χ2v) is 8.21. The van der Waals surface area contributed by atoms with E-state index < -0.39 is 54.5 Å². The van der Waals surface area contributed by atoms with Gasteiger partial charge in [-0.25, -0.2) is 8.78 Å². The van der Waals surface area contributed by atoms with Crippen molar-refractivity contribution >= 4 is 16.8 Å². The number of benzene rings is 1. The summed E-state index contributed by atoms with van der Waals surface area (Å²) < 4.78 is 108. The van der Waals surface area contributed by atoms with Gasteiger partial charge in [0.25, 0.3) is 5.56 Å². The maximum absolute atomic E-state index is 13.8. The first-order chi connectivity index (χ1) is 16.2. The van der Waals surface area contributed by atoms with E-state index in [1.807, 2.05) is 0 Å². The SMILES string of the molecule is O=C(Cn1ccc2c(c(-c3ccc(F)c(C(F)(F)F)c3)cn2CC(F)(F)F)c1=O)N1CCC(F)C1. The van der Waals surface area contributed by atoms with Gasteiger partial charge in [0, 0.05) is 24.5 Å². The van der Waals surface area contributed by atoms with Gasteiger partial charge in [-0.3, -0.25) is 9.59 Å². The average molecular weight is 507 g/mol. The highest BCUT2D eigenvalue weighted by Gasteiger charge is 2.35. The summed E-state index contributed by atoms with van der Waals surface area (Å²) in [4.78, 5) is 26.9. The first-order valence-corrected chi connectivity index (χ1v) is 10.3. The molecule has 13 heteroatoms. The topological polar surface area (TPSA) is 47.2 Å². The standard InChI is InChI=1S/C22H17F8N3O2/c23-13-3-5-31(8-13)18(34)10-32-6-4-17-19(20(32)35)14(9-33(17)11-21(25,26)27)12-1-2-16(24)15(7-12)22(28,29)30/h1-2,4,6-7,9,13H,3,5,8,10-11H2. The zero-order valence-corrected chi connectivity index (χ0v) is 17.8. The predicted octanol–water partition coefficient (Wildman–Crippen LogP) is 4.76. The van der Waals surface area contributed by atoms with E-state index in [1.54, 1.807) is 0 Å². The van der Waals surface area contributed by atoms with E-state index in [1.165, 1.54) is 4.90 Å². The number of pyridine rings is 1. The van der Waals surface area contributed by atoms with Crippen LogP contribution in [0.5, 0.6) is 0 Å². The lowest BCUT2D eigenvalue weighted by molar-refractivity contribution is -0.140. The number of hydrogen-bond donors (Lipinski definition) is 0. The molecule has 0 bridgehead atoms. The third kappa shape index (κ3) is 5.03. The van der Waals surface area contributed by atoms with Gasteiger partial charge in [-0.1, -0.05) is 6.07 Å². The molecule has 0 aliphatic carbocycles. The number of aromatic nitrogens is 2. The van der Waals surface area contributed by atoms with Crippen molar-refractivity contribution in [3.05, 3.63) is 58.4 Å². The van der Waals surface area contributed by atoms with E-state index in [0.717, 1.165) is 29.1 Å². The number of fused-ring (bicyclic) bond motifs is 1. The van der Waals surface area contributed by atoms with Crippen LogP contribution in [0.25, 0.3) is 22.0 Å². The molecule has 0 radical (unpaired) electrons. The molecule has 3 heterocycles. The minimum Gasteiger partial charge on any atom is -0.338 e. The third-order valence-corrected chi connectivity index (χ3v) is 5.73. The molecule has 1 aromatic carbocycles. The lowest BCUT2D eigenvalue weighted by Crippen LogP contribution is -2.35. The van der Waals surface area contributed by atoms with Crippen molar-refractivity contribution < 1.29 is 39.9 Å². The van der Waals surface area contributed by atoms with Crippen molar-refractivity contribution in [3.8, 4) is 11.1 Å². The highest BCUT2D eigenvalue weighted by Crippen LogP contribution is 2.37. The normalized spacial score (nSPS) is 16.9. The summed E-state index contributed by atoms with van der Waals surface area (Å²) in [6.07, 6.45) is -8.91. The molecule has 1 saturated heterocycles. The van der Waals surface area contributed by atoms with Crippen LogP contribution < -0.4 is 5.56 Å². The van der Waals surface area contributed by atoms with Crippen LogP contribution in [0.3, 0.4) is 0 Å². The Morgan fingerprint density at radius 2 is 1.77 bits per heavy atom. The summed E-state index contributed by atoms with van der Waals surface area (Å²) in [6.45, 7) is -2.09. The lowest BCUT2D eigenvalue weighted by atomic mass is 10.0. The van der Waals surface area contributed by atoms with E-state index in [4.69, 9.17) is 0 Å². The van der Waals surface area contributed by atoms with Gasteiger partial charge in [-0.05, 0) is 30.2 Å². The van der Waals surface area contributed by atoms with Crippen LogP contribution in [-0.4, -0.2) is 45.4 Å². The average Bonchev–Trinajstić information content (AvgIpc) is 3.33. The number of halogens is 8. The molecule has 1 aliphatic heterocycles. The Morgan fingerprint density at radius 3 is 2.37 bits per heavy atom. The second-order valence-electron chi connectivity index (χ2n) is 8.21. The molecule has 35 heavy (non-hydrogen) atoms. The number of carbonyl (C=O) groups is 1. The summed E-state index contributed by atoms with van der Waals surface area (Å²) in [7, 11) is 0. The van der Waals surface area contributed by atoms with Gasteiger partial charge in [-0.15, -0.1) is 0 Å². The molecule has 4 rings (SSSR count). The highest BCUT2D eigenvalue weighted by molar-refractivity contribution is 5.95. The van der Waals surface area contributed by atoms with Crippen LogP contribution in [0.15, 0.2) is 41.5 Å². The highest BCUT2D eigenvalue weighted by atomic mass is 19.4. The van der Waals surface area contributed by atoms with Crippen molar-refractivity contribution in [2.45, 2.75) is 38.0 Å². The van der Waals surface area contributed by atoms with Crippen molar-refractivity contribution in [1.29, 1.82) is 0 Å². The number of rotatable bonds is 4. The molecule has 3 aromatic rings. The number of likely N-dealkylation sites (tertiary alicyclic amines) is 1. The minimum absolute atomic E-state index is 0.135.